The van der Waals surface area contributed by atoms with Gasteiger partial charge in [0.05, 0.1) is 16.9 Å². The summed E-state index contributed by atoms with van der Waals surface area (Å²) >= 11 is 1.47. The van der Waals surface area contributed by atoms with E-state index in [9.17, 15) is 9.59 Å². The van der Waals surface area contributed by atoms with Crippen molar-refractivity contribution < 1.29 is 18.8 Å². The van der Waals surface area contributed by atoms with E-state index in [0.717, 1.165) is 41.5 Å². The smallest absolute Gasteiger partial charge is 0.459 e. The van der Waals surface area contributed by atoms with E-state index in [1.54, 1.807) is 0 Å². The molecule has 1 aromatic carbocycles. The van der Waals surface area contributed by atoms with Crippen LogP contribution in [0, 0.1) is 0 Å². The third-order valence-electron chi connectivity index (χ3n) is 6.98. The molecule has 0 atom stereocenters. The number of rotatable bonds is 6. The molecule has 0 saturated carbocycles. The maximum Gasteiger partial charge on any atom is 0.494 e. The molecule has 0 bridgehead atoms. The fourth-order valence-corrected chi connectivity index (χ4v) is 5.29. The maximum atomic E-state index is 13.3. The highest BCUT2D eigenvalue weighted by Crippen LogP contribution is 2.36. The fraction of sp³-hybridized carbons (Fsp3) is 0.593. The zero-order chi connectivity index (χ0) is 26.3. The van der Waals surface area contributed by atoms with Crippen LogP contribution in [0.15, 0.2) is 34.2 Å². The van der Waals surface area contributed by atoms with Crippen molar-refractivity contribution >= 4 is 30.3 Å². The number of hydrogen-bond donors (Lipinski definition) is 0. The van der Waals surface area contributed by atoms with Crippen molar-refractivity contribution in [1.29, 1.82) is 0 Å². The summed E-state index contributed by atoms with van der Waals surface area (Å²) in [6.07, 6.45) is 3.51. The van der Waals surface area contributed by atoms with Crippen LogP contribution in [0.3, 0.4) is 0 Å². The minimum absolute atomic E-state index is 0.121. The monoisotopic (exact) mass is 512 g/mol. The molecule has 2 aromatic rings. The van der Waals surface area contributed by atoms with Gasteiger partial charge in [0.2, 0.25) is 0 Å². The van der Waals surface area contributed by atoms with Gasteiger partial charge in [-0.3, -0.25) is 14.2 Å². The highest BCUT2D eigenvalue weighted by atomic mass is 32.2. The Balaban J connectivity index is 1.52. The molecule has 0 N–H and O–H groups in total. The van der Waals surface area contributed by atoms with Gasteiger partial charge < -0.3 is 14.0 Å². The summed E-state index contributed by atoms with van der Waals surface area (Å²) in [5.74, 6) is 0.180. The summed E-state index contributed by atoms with van der Waals surface area (Å²) in [4.78, 5) is 30.7. The Morgan fingerprint density at radius 1 is 1.08 bits per heavy atom. The normalized spacial score (nSPS) is 18.7. The van der Waals surface area contributed by atoms with Crippen LogP contribution < -0.4 is 11.0 Å². The second-order valence-corrected chi connectivity index (χ2v) is 12.6. The van der Waals surface area contributed by atoms with Crippen LogP contribution in [-0.2, 0) is 44.0 Å². The summed E-state index contributed by atoms with van der Waals surface area (Å²) in [5.41, 5.74) is 2.14. The van der Waals surface area contributed by atoms with Crippen molar-refractivity contribution in [2.75, 3.05) is 0 Å². The number of carbonyl (C=O) groups is 1. The molecule has 2 aliphatic rings. The molecule has 0 unspecified atom stereocenters. The summed E-state index contributed by atoms with van der Waals surface area (Å²) in [6, 6.07) is 8.13. The van der Waals surface area contributed by atoms with Gasteiger partial charge in [-0.1, -0.05) is 36.0 Å². The Kier molecular flexibility index (Phi) is 7.48. The molecular weight excluding hydrogens is 475 g/mol. The van der Waals surface area contributed by atoms with Crippen molar-refractivity contribution in [3.05, 3.63) is 51.4 Å². The van der Waals surface area contributed by atoms with Crippen LogP contribution in [-0.4, -0.2) is 39.4 Å². The molecular formula is C27H37BN2O5S. The van der Waals surface area contributed by atoms with Crippen LogP contribution in [0.25, 0.3) is 0 Å². The lowest BCUT2D eigenvalue weighted by molar-refractivity contribution is -0.155. The Morgan fingerprint density at radius 3 is 2.31 bits per heavy atom. The first kappa shape index (κ1) is 27.0. The van der Waals surface area contributed by atoms with Gasteiger partial charge in [0.15, 0.2) is 5.16 Å². The van der Waals surface area contributed by atoms with Gasteiger partial charge in [-0.25, -0.2) is 4.98 Å². The van der Waals surface area contributed by atoms with Crippen LogP contribution in [0.2, 0.25) is 0 Å². The number of aryl methyl sites for hydroxylation is 1. The zero-order valence-corrected chi connectivity index (χ0v) is 23.3. The highest BCUT2D eigenvalue weighted by molar-refractivity contribution is 7.98. The van der Waals surface area contributed by atoms with Crippen LogP contribution in [0.4, 0.5) is 0 Å². The third kappa shape index (κ3) is 5.89. The standard InChI is InChI=1S/C27H37BN2O5S/c1-25(2,3)33-22(31)16-30-23(32)20-10-8-9-11-21(20)29-24(30)36-17-18-12-14-19(15-13-18)28-34-26(4,5)27(6,7)35-28/h12-15H,8-11,16-17H2,1-7H3. The predicted octanol–water partition coefficient (Wildman–Crippen LogP) is 4.06. The van der Waals surface area contributed by atoms with E-state index < -0.39 is 18.7 Å². The van der Waals surface area contributed by atoms with E-state index in [-0.39, 0.29) is 23.3 Å². The second kappa shape index (κ2) is 9.99. The lowest BCUT2D eigenvalue weighted by Crippen LogP contribution is -2.41. The summed E-state index contributed by atoms with van der Waals surface area (Å²) < 4.78 is 19.3. The number of hydrogen-bond acceptors (Lipinski definition) is 7. The van der Waals surface area contributed by atoms with Gasteiger partial charge in [0, 0.05) is 11.3 Å². The molecule has 9 heteroatoms. The first-order chi connectivity index (χ1) is 16.8. The molecule has 0 spiro atoms. The Hall–Kier alpha value is -2.10. The first-order valence-electron chi connectivity index (χ1n) is 12.7. The van der Waals surface area contributed by atoms with Crippen molar-refractivity contribution in [2.45, 2.75) is 108 Å². The lowest BCUT2D eigenvalue weighted by Gasteiger charge is -2.32. The van der Waals surface area contributed by atoms with E-state index in [0.29, 0.717) is 17.3 Å². The molecule has 36 heavy (non-hydrogen) atoms. The average molecular weight is 512 g/mol. The van der Waals surface area contributed by atoms with Crippen molar-refractivity contribution in [3.63, 3.8) is 0 Å². The fourth-order valence-electron chi connectivity index (χ4n) is 4.32. The number of carbonyl (C=O) groups excluding carboxylic acids is 1. The van der Waals surface area contributed by atoms with Gasteiger partial charge in [-0.2, -0.15) is 0 Å². The van der Waals surface area contributed by atoms with E-state index in [1.807, 2.05) is 72.7 Å². The Morgan fingerprint density at radius 2 is 1.69 bits per heavy atom. The number of aromatic nitrogens is 2. The number of nitrogens with zero attached hydrogens (tertiary/aromatic N) is 2. The minimum atomic E-state index is -0.617. The maximum absolute atomic E-state index is 13.3. The average Bonchev–Trinajstić information content (AvgIpc) is 3.00. The number of benzene rings is 1. The van der Waals surface area contributed by atoms with Crippen molar-refractivity contribution in [2.24, 2.45) is 0 Å². The van der Waals surface area contributed by atoms with Crippen LogP contribution in [0.5, 0.6) is 0 Å². The molecule has 1 aliphatic heterocycles. The summed E-state index contributed by atoms with van der Waals surface area (Å²) in [6.45, 7) is 13.5. The molecule has 194 valence electrons. The van der Waals surface area contributed by atoms with Crippen LogP contribution >= 0.6 is 11.8 Å². The number of esters is 1. The number of ether oxygens (including phenoxy) is 1. The first-order valence-corrected chi connectivity index (χ1v) is 13.7. The number of thioether (sulfide) groups is 1. The molecule has 1 saturated heterocycles. The number of fused-ring (bicyclic) bond motifs is 1. The minimum Gasteiger partial charge on any atom is -0.459 e. The van der Waals surface area contributed by atoms with E-state index in [1.165, 1.54) is 16.3 Å². The largest absolute Gasteiger partial charge is 0.494 e. The second-order valence-electron chi connectivity index (χ2n) is 11.6. The SMILES string of the molecule is CC(C)(C)OC(=O)Cn1c(SCc2ccc(B3OC(C)(C)C(C)(C)O3)cc2)nc2c(c1=O)CCCC2. The molecule has 1 fully saturated rings. The molecule has 7 nitrogen and oxygen atoms in total. The van der Waals surface area contributed by atoms with E-state index >= 15 is 0 Å². The highest BCUT2D eigenvalue weighted by Gasteiger charge is 2.51. The van der Waals surface area contributed by atoms with Crippen LogP contribution in [0.1, 0.15) is 78.1 Å². The van der Waals surface area contributed by atoms with Gasteiger partial charge in [0.1, 0.15) is 12.1 Å². The van der Waals surface area contributed by atoms with Gasteiger partial charge in [-0.05, 0) is 85.2 Å². The topological polar surface area (TPSA) is 79.7 Å². The molecule has 4 rings (SSSR count). The van der Waals surface area contributed by atoms with Crippen molar-refractivity contribution in [3.8, 4) is 0 Å². The Bertz CT molecular complexity index is 1170. The van der Waals surface area contributed by atoms with Gasteiger partial charge in [0.25, 0.3) is 5.56 Å². The molecule has 0 radical (unpaired) electrons. The molecule has 1 aliphatic carbocycles. The lowest BCUT2D eigenvalue weighted by atomic mass is 9.79. The third-order valence-corrected chi connectivity index (χ3v) is 8.03. The van der Waals surface area contributed by atoms with Gasteiger partial charge >= 0.3 is 13.1 Å². The van der Waals surface area contributed by atoms with Crippen molar-refractivity contribution in [1.82, 2.24) is 9.55 Å². The quantitative estimate of drug-likeness (QED) is 0.250. The predicted molar refractivity (Wildman–Crippen MR) is 143 cm³/mol. The Labute approximate surface area is 218 Å². The molecule has 2 heterocycles. The van der Waals surface area contributed by atoms with E-state index in [4.69, 9.17) is 19.0 Å². The molecule has 1 aromatic heterocycles. The zero-order valence-electron chi connectivity index (χ0n) is 22.5. The van der Waals surface area contributed by atoms with Gasteiger partial charge in [-0.15, -0.1) is 0 Å². The molecule has 0 amide bonds. The van der Waals surface area contributed by atoms with E-state index in [2.05, 4.69) is 0 Å². The summed E-state index contributed by atoms with van der Waals surface area (Å²) in [5, 5.41) is 0.557. The summed E-state index contributed by atoms with van der Waals surface area (Å²) in [7, 11) is -0.405.